The van der Waals surface area contributed by atoms with E-state index in [-0.39, 0.29) is 24.3 Å². The van der Waals surface area contributed by atoms with Crippen molar-refractivity contribution in [1.29, 1.82) is 0 Å². The number of aryl methyl sites for hydroxylation is 1. The number of amides is 2. The molecule has 1 unspecified atom stereocenters. The smallest absolute Gasteiger partial charge is 0.224 e. The third kappa shape index (κ3) is 6.74. The Balaban J connectivity index is 1.49. The molecule has 6 nitrogen and oxygen atoms in total. The SMILES string of the molecule is COc1ccc(CCC2CCN(C(=O)CC(NC(C)=O)c3ccc(OC)cc3)CC2)cc1. The molecule has 2 aromatic carbocycles. The summed E-state index contributed by atoms with van der Waals surface area (Å²) in [6, 6.07) is 15.4. The second kappa shape index (κ2) is 11.6. The average Bonchev–Trinajstić information content (AvgIpc) is 2.82. The zero-order chi connectivity index (χ0) is 22.9. The molecule has 3 rings (SSSR count). The first-order valence-corrected chi connectivity index (χ1v) is 11.3. The molecule has 1 aliphatic heterocycles. The highest BCUT2D eigenvalue weighted by Gasteiger charge is 2.25. The molecule has 1 N–H and O–H groups in total. The third-order valence-electron chi connectivity index (χ3n) is 6.24. The van der Waals surface area contributed by atoms with Gasteiger partial charge in [-0.2, -0.15) is 0 Å². The van der Waals surface area contributed by atoms with E-state index in [4.69, 9.17) is 9.47 Å². The van der Waals surface area contributed by atoms with Crippen molar-refractivity contribution < 1.29 is 19.1 Å². The molecule has 1 fully saturated rings. The van der Waals surface area contributed by atoms with Gasteiger partial charge >= 0.3 is 0 Å². The summed E-state index contributed by atoms with van der Waals surface area (Å²) in [6.45, 7) is 3.04. The normalized spacial score (nSPS) is 15.2. The minimum Gasteiger partial charge on any atom is -0.497 e. The van der Waals surface area contributed by atoms with Crippen LogP contribution < -0.4 is 14.8 Å². The van der Waals surface area contributed by atoms with E-state index in [1.807, 2.05) is 41.3 Å². The zero-order valence-electron chi connectivity index (χ0n) is 19.3. The predicted octanol–water partition coefficient (Wildman–Crippen LogP) is 4.14. The Morgan fingerprint density at radius 1 is 0.969 bits per heavy atom. The number of piperidine rings is 1. The van der Waals surface area contributed by atoms with Crippen LogP contribution in [0.5, 0.6) is 11.5 Å². The van der Waals surface area contributed by atoms with Crippen LogP contribution in [0.2, 0.25) is 0 Å². The van der Waals surface area contributed by atoms with Crippen molar-refractivity contribution in [3.63, 3.8) is 0 Å². The fourth-order valence-corrected chi connectivity index (χ4v) is 4.27. The van der Waals surface area contributed by atoms with Gasteiger partial charge in [-0.25, -0.2) is 0 Å². The summed E-state index contributed by atoms with van der Waals surface area (Å²) in [6.07, 6.45) is 4.49. The maximum absolute atomic E-state index is 13.0. The van der Waals surface area contributed by atoms with Gasteiger partial charge in [-0.05, 0) is 67.0 Å². The lowest BCUT2D eigenvalue weighted by Gasteiger charge is -2.33. The molecule has 0 spiro atoms. The van der Waals surface area contributed by atoms with Crippen molar-refractivity contribution in [3.05, 3.63) is 59.7 Å². The van der Waals surface area contributed by atoms with Gasteiger partial charge in [0.25, 0.3) is 0 Å². The molecule has 0 saturated carbocycles. The van der Waals surface area contributed by atoms with Crippen molar-refractivity contribution >= 4 is 11.8 Å². The topological polar surface area (TPSA) is 67.9 Å². The molecule has 1 aliphatic rings. The highest BCUT2D eigenvalue weighted by atomic mass is 16.5. The highest BCUT2D eigenvalue weighted by Crippen LogP contribution is 2.26. The first-order valence-electron chi connectivity index (χ1n) is 11.3. The van der Waals surface area contributed by atoms with Gasteiger partial charge in [-0.15, -0.1) is 0 Å². The van der Waals surface area contributed by atoms with E-state index in [2.05, 4.69) is 17.4 Å². The molecule has 172 valence electrons. The zero-order valence-corrected chi connectivity index (χ0v) is 19.3. The van der Waals surface area contributed by atoms with E-state index >= 15 is 0 Å². The van der Waals surface area contributed by atoms with Crippen LogP contribution in [0.15, 0.2) is 48.5 Å². The van der Waals surface area contributed by atoms with Crippen LogP contribution in [-0.2, 0) is 16.0 Å². The standard InChI is InChI=1S/C26H34N2O4/c1-19(29)27-25(22-8-12-24(32-3)13-9-22)18-26(30)28-16-14-21(15-17-28)5-4-20-6-10-23(31-2)11-7-20/h6-13,21,25H,4-5,14-18H2,1-3H3,(H,27,29). The first kappa shape index (κ1) is 23.6. The number of hydrogen-bond donors (Lipinski definition) is 1. The number of benzene rings is 2. The Morgan fingerprint density at radius 3 is 2.06 bits per heavy atom. The number of rotatable bonds is 9. The monoisotopic (exact) mass is 438 g/mol. The molecule has 6 heteroatoms. The fraction of sp³-hybridized carbons (Fsp3) is 0.462. The van der Waals surface area contributed by atoms with Crippen LogP contribution >= 0.6 is 0 Å². The largest absolute Gasteiger partial charge is 0.497 e. The molecule has 0 radical (unpaired) electrons. The van der Waals surface area contributed by atoms with Crippen LogP contribution in [0.25, 0.3) is 0 Å². The summed E-state index contributed by atoms with van der Waals surface area (Å²) in [5, 5.41) is 2.92. The summed E-state index contributed by atoms with van der Waals surface area (Å²) in [7, 11) is 3.30. The van der Waals surface area contributed by atoms with Gasteiger partial charge in [0, 0.05) is 20.0 Å². The Bertz CT molecular complexity index is 872. The summed E-state index contributed by atoms with van der Waals surface area (Å²) in [4.78, 5) is 26.6. The third-order valence-corrected chi connectivity index (χ3v) is 6.24. The van der Waals surface area contributed by atoms with Crippen LogP contribution in [0.1, 0.15) is 49.8 Å². The number of hydrogen-bond acceptors (Lipinski definition) is 4. The molecule has 32 heavy (non-hydrogen) atoms. The molecule has 2 aromatic rings. The first-order chi connectivity index (χ1) is 15.5. The molecule has 0 aromatic heterocycles. The summed E-state index contributed by atoms with van der Waals surface area (Å²) >= 11 is 0. The van der Waals surface area contributed by atoms with Gasteiger partial charge < -0.3 is 19.7 Å². The highest BCUT2D eigenvalue weighted by molar-refractivity contribution is 5.79. The van der Waals surface area contributed by atoms with E-state index in [1.165, 1.54) is 12.5 Å². The van der Waals surface area contributed by atoms with Gasteiger partial charge in [-0.3, -0.25) is 9.59 Å². The lowest BCUT2D eigenvalue weighted by atomic mass is 9.90. The number of likely N-dealkylation sites (tertiary alicyclic amines) is 1. The van der Waals surface area contributed by atoms with Crippen molar-refractivity contribution in [1.82, 2.24) is 10.2 Å². The van der Waals surface area contributed by atoms with Crippen LogP contribution in [-0.4, -0.2) is 44.0 Å². The molecular formula is C26H34N2O4. The number of nitrogens with zero attached hydrogens (tertiary/aromatic N) is 1. The van der Waals surface area contributed by atoms with Gasteiger partial charge in [-0.1, -0.05) is 24.3 Å². The summed E-state index contributed by atoms with van der Waals surface area (Å²) in [5.41, 5.74) is 2.23. The number of carbonyl (C=O) groups is 2. The Kier molecular flexibility index (Phi) is 8.54. The maximum Gasteiger partial charge on any atom is 0.224 e. The quantitative estimate of drug-likeness (QED) is 0.639. The van der Waals surface area contributed by atoms with Gasteiger partial charge in [0.1, 0.15) is 11.5 Å². The van der Waals surface area contributed by atoms with Crippen molar-refractivity contribution in [2.75, 3.05) is 27.3 Å². The number of carbonyl (C=O) groups excluding carboxylic acids is 2. The van der Waals surface area contributed by atoms with Crippen molar-refractivity contribution in [3.8, 4) is 11.5 Å². The van der Waals surface area contributed by atoms with E-state index in [1.54, 1.807) is 14.2 Å². The number of ether oxygens (including phenoxy) is 2. The van der Waals surface area contributed by atoms with Gasteiger partial charge in [0.2, 0.25) is 11.8 Å². The van der Waals surface area contributed by atoms with E-state index in [0.717, 1.165) is 55.8 Å². The number of nitrogens with one attached hydrogen (secondary N) is 1. The fourth-order valence-electron chi connectivity index (χ4n) is 4.27. The van der Waals surface area contributed by atoms with Gasteiger partial charge in [0.15, 0.2) is 0 Å². The van der Waals surface area contributed by atoms with Gasteiger partial charge in [0.05, 0.1) is 26.7 Å². The Labute approximate surface area is 190 Å². The minimum absolute atomic E-state index is 0.0909. The Morgan fingerprint density at radius 2 is 1.53 bits per heavy atom. The van der Waals surface area contributed by atoms with Crippen molar-refractivity contribution in [2.24, 2.45) is 5.92 Å². The molecule has 0 bridgehead atoms. The molecule has 1 atom stereocenters. The molecule has 2 amide bonds. The second-order valence-corrected chi connectivity index (χ2v) is 8.44. The van der Waals surface area contributed by atoms with Crippen LogP contribution in [0.3, 0.4) is 0 Å². The maximum atomic E-state index is 13.0. The van der Waals surface area contributed by atoms with E-state index < -0.39 is 0 Å². The van der Waals surface area contributed by atoms with E-state index in [0.29, 0.717) is 5.92 Å². The predicted molar refractivity (Wildman–Crippen MR) is 125 cm³/mol. The van der Waals surface area contributed by atoms with Crippen molar-refractivity contribution in [2.45, 2.75) is 45.1 Å². The average molecular weight is 439 g/mol. The lowest BCUT2D eigenvalue weighted by molar-refractivity contribution is -0.133. The molecule has 1 saturated heterocycles. The van der Waals surface area contributed by atoms with Crippen LogP contribution in [0, 0.1) is 5.92 Å². The molecular weight excluding hydrogens is 404 g/mol. The van der Waals surface area contributed by atoms with E-state index in [9.17, 15) is 9.59 Å². The van der Waals surface area contributed by atoms with Crippen LogP contribution in [0.4, 0.5) is 0 Å². The molecule has 1 heterocycles. The summed E-state index contributed by atoms with van der Waals surface area (Å²) < 4.78 is 10.4. The Hall–Kier alpha value is -3.02. The summed E-state index contributed by atoms with van der Waals surface area (Å²) in [5.74, 6) is 2.21. The lowest BCUT2D eigenvalue weighted by Crippen LogP contribution is -2.40. The minimum atomic E-state index is -0.335. The number of methoxy groups -OCH3 is 2. The molecule has 0 aliphatic carbocycles. The second-order valence-electron chi connectivity index (χ2n) is 8.44.